The number of carbonyl (C=O) groups is 1. The van der Waals surface area contributed by atoms with Gasteiger partial charge in [0, 0.05) is 19.9 Å². The first-order valence-electron chi connectivity index (χ1n) is 4.84. The van der Waals surface area contributed by atoms with Crippen molar-refractivity contribution in [1.82, 2.24) is 9.55 Å². The number of hydrogen-bond acceptors (Lipinski definition) is 2. The van der Waals surface area contributed by atoms with Crippen molar-refractivity contribution in [3.05, 3.63) is 16.1 Å². The van der Waals surface area contributed by atoms with E-state index < -0.39 is 0 Å². The van der Waals surface area contributed by atoms with Crippen molar-refractivity contribution in [3.8, 4) is 0 Å². The van der Waals surface area contributed by atoms with E-state index in [9.17, 15) is 4.79 Å². The highest BCUT2D eigenvalue weighted by Crippen LogP contribution is 2.39. The molecule has 1 fully saturated rings. The normalized spacial score (nSPS) is 16.8. The summed E-state index contributed by atoms with van der Waals surface area (Å²) in [5, 5.41) is 0. The lowest BCUT2D eigenvalue weighted by Crippen LogP contribution is -2.09. The standard InChI is InChI=1S/C10H13BrN2O/c1-6(14)10-12-8(7-4-3-5-7)9(11)13(10)2/h7H,3-5H2,1-2H3. The van der Waals surface area contributed by atoms with Crippen molar-refractivity contribution in [1.29, 1.82) is 0 Å². The second-order valence-corrected chi connectivity index (χ2v) is 4.61. The number of halogens is 1. The van der Waals surface area contributed by atoms with Gasteiger partial charge in [-0.25, -0.2) is 4.98 Å². The Morgan fingerprint density at radius 1 is 1.57 bits per heavy atom. The quantitative estimate of drug-likeness (QED) is 0.763. The van der Waals surface area contributed by atoms with Crippen LogP contribution in [0.5, 0.6) is 0 Å². The molecule has 0 saturated heterocycles. The van der Waals surface area contributed by atoms with Gasteiger partial charge in [-0.1, -0.05) is 6.42 Å². The molecule has 0 aromatic carbocycles. The molecule has 76 valence electrons. The second-order valence-electron chi connectivity index (χ2n) is 3.85. The molecule has 0 N–H and O–H groups in total. The largest absolute Gasteiger partial charge is 0.319 e. The average molecular weight is 257 g/mol. The van der Waals surface area contributed by atoms with Crippen molar-refractivity contribution < 1.29 is 4.79 Å². The van der Waals surface area contributed by atoms with Crippen LogP contribution in [-0.4, -0.2) is 15.3 Å². The van der Waals surface area contributed by atoms with E-state index in [1.807, 2.05) is 11.6 Å². The number of carbonyl (C=O) groups excluding carboxylic acids is 1. The van der Waals surface area contributed by atoms with Crippen LogP contribution in [0.1, 0.15) is 48.4 Å². The lowest BCUT2D eigenvalue weighted by Gasteiger charge is -2.23. The van der Waals surface area contributed by atoms with Gasteiger partial charge in [0.25, 0.3) is 0 Å². The van der Waals surface area contributed by atoms with Gasteiger partial charge in [0.15, 0.2) is 11.6 Å². The monoisotopic (exact) mass is 256 g/mol. The summed E-state index contributed by atoms with van der Waals surface area (Å²) >= 11 is 3.49. The van der Waals surface area contributed by atoms with Crippen LogP contribution in [0.4, 0.5) is 0 Å². The first-order chi connectivity index (χ1) is 6.61. The molecule has 1 aliphatic carbocycles. The van der Waals surface area contributed by atoms with Crippen molar-refractivity contribution in [2.75, 3.05) is 0 Å². The van der Waals surface area contributed by atoms with Crippen LogP contribution in [0.3, 0.4) is 0 Å². The predicted molar refractivity (Wildman–Crippen MR) is 57.5 cm³/mol. The summed E-state index contributed by atoms with van der Waals surface area (Å²) in [6.07, 6.45) is 3.68. The summed E-state index contributed by atoms with van der Waals surface area (Å²) in [5.74, 6) is 1.14. The van der Waals surface area contributed by atoms with Gasteiger partial charge in [-0.3, -0.25) is 4.79 Å². The van der Waals surface area contributed by atoms with E-state index in [4.69, 9.17) is 0 Å². The first kappa shape index (κ1) is 9.90. The summed E-state index contributed by atoms with van der Waals surface area (Å²) in [6, 6.07) is 0. The Bertz CT molecular complexity index is 380. The Labute approximate surface area is 91.6 Å². The molecule has 0 amide bonds. The molecule has 0 bridgehead atoms. The first-order valence-corrected chi connectivity index (χ1v) is 5.63. The molecule has 0 unspecified atom stereocenters. The molecular weight excluding hydrogens is 244 g/mol. The fourth-order valence-corrected chi connectivity index (χ4v) is 2.34. The van der Waals surface area contributed by atoms with Gasteiger partial charge in [0.2, 0.25) is 0 Å². The van der Waals surface area contributed by atoms with Crippen molar-refractivity contribution in [2.24, 2.45) is 7.05 Å². The van der Waals surface area contributed by atoms with Gasteiger partial charge in [-0.05, 0) is 28.8 Å². The van der Waals surface area contributed by atoms with Crippen LogP contribution in [0.25, 0.3) is 0 Å². The highest BCUT2D eigenvalue weighted by molar-refractivity contribution is 9.10. The highest BCUT2D eigenvalue weighted by Gasteiger charge is 2.27. The zero-order chi connectivity index (χ0) is 10.3. The fourth-order valence-electron chi connectivity index (χ4n) is 1.76. The van der Waals surface area contributed by atoms with E-state index in [1.54, 1.807) is 6.92 Å². The molecule has 0 atom stereocenters. The number of nitrogens with zero attached hydrogens (tertiary/aromatic N) is 2. The highest BCUT2D eigenvalue weighted by atomic mass is 79.9. The molecule has 0 aliphatic heterocycles. The summed E-state index contributed by atoms with van der Waals surface area (Å²) in [6.45, 7) is 1.55. The smallest absolute Gasteiger partial charge is 0.195 e. The van der Waals surface area contributed by atoms with E-state index in [0.29, 0.717) is 11.7 Å². The molecule has 3 nitrogen and oxygen atoms in total. The molecule has 0 spiro atoms. The molecule has 0 radical (unpaired) electrons. The van der Waals surface area contributed by atoms with Crippen LogP contribution in [0, 0.1) is 0 Å². The van der Waals surface area contributed by atoms with E-state index in [2.05, 4.69) is 20.9 Å². The van der Waals surface area contributed by atoms with Gasteiger partial charge >= 0.3 is 0 Å². The Morgan fingerprint density at radius 3 is 2.57 bits per heavy atom. The Morgan fingerprint density at radius 2 is 2.21 bits per heavy atom. The molecule has 2 rings (SSSR count). The predicted octanol–water partition coefficient (Wildman–Crippen LogP) is 2.65. The molecule has 1 aromatic heterocycles. The Kier molecular flexibility index (Phi) is 2.47. The van der Waals surface area contributed by atoms with Gasteiger partial charge in [0.05, 0.1) is 5.69 Å². The SMILES string of the molecule is CC(=O)c1nc(C2CCC2)c(Br)n1C. The number of ketones is 1. The molecule has 4 heteroatoms. The molecule has 1 aromatic rings. The molecule has 1 saturated carbocycles. The van der Waals surface area contributed by atoms with Crippen molar-refractivity contribution in [2.45, 2.75) is 32.1 Å². The zero-order valence-electron chi connectivity index (χ0n) is 8.38. The van der Waals surface area contributed by atoms with Crippen molar-refractivity contribution in [3.63, 3.8) is 0 Å². The Balaban J connectivity index is 2.41. The summed E-state index contributed by atoms with van der Waals surface area (Å²) in [5.41, 5.74) is 1.06. The minimum absolute atomic E-state index is 0.0266. The van der Waals surface area contributed by atoms with E-state index in [-0.39, 0.29) is 5.78 Å². The van der Waals surface area contributed by atoms with Crippen molar-refractivity contribution >= 4 is 21.7 Å². The fraction of sp³-hybridized carbons (Fsp3) is 0.600. The minimum Gasteiger partial charge on any atom is -0.319 e. The number of imidazole rings is 1. The van der Waals surface area contributed by atoms with E-state index in [0.717, 1.165) is 10.3 Å². The molecule has 1 aliphatic rings. The van der Waals surface area contributed by atoms with Crippen LogP contribution in [0.2, 0.25) is 0 Å². The third-order valence-corrected chi connectivity index (χ3v) is 3.79. The maximum Gasteiger partial charge on any atom is 0.195 e. The van der Waals surface area contributed by atoms with Crippen LogP contribution >= 0.6 is 15.9 Å². The van der Waals surface area contributed by atoms with Crippen LogP contribution in [0.15, 0.2) is 4.60 Å². The number of rotatable bonds is 2. The Hall–Kier alpha value is -0.640. The summed E-state index contributed by atoms with van der Waals surface area (Å²) in [7, 11) is 1.87. The average Bonchev–Trinajstić information content (AvgIpc) is 2.30. The lowest BCUT2D eigenvalue weighted by molar-refractivity contribution is 0.100. The number of Topliss-reactive ketones (excluding diaryl/α,β-unsaturated/α-hetero) is 1. The summed E-state index contributed by atoms with van der Waals surface area (Å²) in [4.78, 5) is 15.7. The molecule has 14 heavy (non-hydrogen) atoms. The van der Waals surface area contributed by atoms with Gasteiger partial charge < -0.3 is 4.57 Å². The van der Waals surface area contributed by atoms with Crippen LogP contribution in [-0.2, 0) is 7.05 Å². The topological polar surface area (TPSA) is 34.9 Å². The van der Waals surface area contributed by atoms with Crippen LogP contribution < -0.4 is 0 Å². The maximum atomic E-state index is 11.3. The summed E-state index contributed by atoms with van der Waals surface area (Å²) < 4.78 is 2.79. The maximum absolute atomic E-state index is 11.3. The third kappa shape index (κ3) is 1.41. The second kappa shape index (κ2) is 3.50. The van der Waals surface area contributed by atoms with Gasteiger partial charge in [-0.2, -0.15) is 0 Å². The molecular formula is C10H13BrN2O. The lowest BCUT2D eigenvalue weighted by atomic mass is 9.83. The van der Waals surface area contributed by atoms with Gasteiger partial charge in [0.1, 0.15) is 4.60 Å². The number of hydrogen-bond donors (Lipinski definition) is 0. The van der Waals surface area contributed by atoms with E-state index >= 15 is 0 Å². The third-order valence-electron chi connectivity index (χ3n) is 2.86. The zero-order valence-corrected chi connectivity index (χ0v) is 9.97. The molecule has 1 heterocycles. The number of aromatic nitrogens is 2. The minimum atomic E-state index is 0.0266. The van der Waals surface area contributed by atoms with E-state index in [1.165, 1.54) is 19.3 Å². The van der Waals surface area contributed by atoms with Gasteiger partial charge in [-0.15, -0.1) is 0 Å².